The second-order valence-corrected chi connectivity index (χ2v) is 9.32. The Morgan fingerprint density at radius 2 is 2.23 bits per heavy atom. The number of ether oxygens (including phenoxy) is 2. The third kappa shape index (κ3) is 4.87. The average Bonchev–Trinajstić information content (AvgIpc) is 3.22. The lowest BCUT2D eigenvalue weighted by Crippen LogP contribution is -2.42. The minimum atomic E-state index is -0.105. The van der Waals surface area contributed by atoms with Gasteiger partial charge >= 0.3 is 0 Å². The number of hydrogen-bond acceptors (Lipinski definition) is 6. The Hall–Kier alpha value is -3.07. The fraction of sp³-hybridized carbons (Fsp3) is 0.385. The predicted molar refractivity (Wildman–Crippen MR) is 137 cm³/mol. The summed E-state index contributed by atoms with van der Waals surface area (Å²) in [6.45, 7) is 5.50. The lowest BCUT2D eigenvalue weighted by atomic mass is 10.0. The van der Waals surface area contributed by atoms with E-state index in [-0.39, 0.29) is 12.0 Å². The van der Waals surface area contributed by atoms with Crippen LogP contribution in [-0.4, -0.2) is 66.8 Å². The van der Waals surface area contributed by atoms with Crippen molar-refractivity contribution in [3.05, 3.63) is 58.5 Å². The number of nitrogens with zero attached hydrogens (tertiary/aromatic N) is 2. The molecule has 184 valence electrons. The Morgan fingerprint density at radius 3 is 3.06 bits per heavy atom. The Balaban J connectivity index is 1.53. The van der Waals surface area contributed by atoms with Gasteiger partial charge in [-0.05, 0) is 37.2 Å². The van der Waals surface area contributed by atoms with Gasteiger partial charge in [-0.1, -0.05) is 24.6 Å². The standard InChI is InChI=1S/C26H30ClN5O3/c1-3-17-19(27)5-4-6-20(17)30-25-23-21(8-10-29-26(23)33)31-24(25)18-7-9-28-13-22(18)35-15-16-14-32(2)11-12-34-16/h4-7,9,13,16,30-31H,3,8,10-12,14-15H2,1-2H3,(H,29,33)/t16-/m0/s1. The molecule has 1 aromatic carbocycles. The van der Waals surface area contributed by atoms with Crippen LogP contribution in [0.5, 0.6) is 5.75 Å². The molecule has 1 amide bonds. The van der Waals surface area contributed by atoms with Crippen LogP contribution in [0, 0.1) is 0 Å². The summed E-state index contributed by atoms with van der Waals surface area (Å²) in [5.74, 6) is 0.527. The molecule has 0 saturated carbocycles. The number of fused-ring (bicyclic) bond motifs is 1. The fourth-order valence-electron chi connectivity index (χ4n) is 4.73. The van der Waals surface area contributed by atoms with E-state index in [0.29, 0.717) is 41.8 Å². The molecule has 3 N–H and O–H groups in total. The molecular formula is C26H30ClN5O3. The van der Waals surface area contributed by atoms with Crippen LogP contribution in [0.4, 0.5) is 11.4 Å². The molecule has 2 aliphatic rings. The molecule has 0 bridgehead atoms. The summed E-state index contributed by atoms with van der Waals surface area (Å²) in [6, 6.07) is 7.67. The summed E-state index contributed by atoms with van der Waals surface area (Å²) in [5.41, 5.74) is 5.70. The molecule has 3 aromatic rings. The number of halogens is 1. The number of hydrogen-bond donors (Lipinski definition) is 3. The van der Waals surface area contributed by atoms with Crippen molar-refractivity contribution in [2.75, 3.05) is 45.2 Å². The summed E-state index contributed by atoms with van der Waals surface area (Å²) in [6.07, 6.45) is 4.90. The van der Waals surface area contributed by atoms with E-state index in [2.05, 4.69) is 39.5 Å². The van der Waals surface area contributed by atoms with Crippen molar-refractivity contribution in [2.24, 2.45) is 0 Å². The van der Waals surface area contributed by atoms with E-state index in [1.165, 1.54) is 0 Å². The number of pyridine rings is 1. The number of H-pyrrole nitrogens is 1. The molecule has 0 radical (unpaired) electrons. The third-order valence-corrected chi connectivity index (χ3v) is 6.87. The molecule has 5 rings (SSSR count). The number of carbonyl (C=O) groups is 1. The van der Waals surface area contributed by atoms with Crippen LogP contribution in [0.15, 0.2) is 36.7 Å². The molecule has 9 heteroatoms. The molecule has 0 aliphatic carbocycles. The van der Waals surface area contributed by atoms with E-state index in [1.807, 2.05) is 24.3 Å². The van der Waals surface area contributed by atoms with Crippen molar-refractivity contribution in [2.45, 2.75) is 25.9 Å². The topological polar surface area (TPSA) is 91.5 Å². The second-order valence-electron chi connectivity index (χ2n) is 8.92. The highest BCUT2D eigenvalue weighted by atomic mass is 35.5. The molecule has 0 unspecified atom stereocenters. The molecule has 8 nitrogen and oxygen atoms in total. The van der Waals surface area contributed by atoms with Crippen molar-refractivity contribution < 1.29 is 14.3 Å². The van der Waals surface area contributed by atoms with Gasteiger partial charge in [0.1, 0.15) is 18.5 Å². The summed E-state index contributed by atoms with van der Waals surface area (Å²) in [7, 11) is 2.08. The highest BCUT2D eigenvalue weighted by Crippen LogP contribution is 2.41. The zero-order chi connectivity index (χ0) is 24.4. The van der Waals surface area contributed by atoms with E-state index in [1.54, 1.807) is 12.4 Å². The van der Waals surface area contributed by atoms with Crippen molar-refractivity contribution in [1.82, 2.24) is 20.2 Å². The Morgan fingerprint density at radius 1 is 1.34 bits per heavy atom. The van der Waals surface area contributed by atoms with Crippen molar-refractivity contribution in [3.8, 4) is 17.0 Å². The maximum Gasteiger partial charge on any atom is 0.255 e. The average molecular weight is 496 g/mol. The van der Waals surface area contributed by atoms with Crippen LogP contribution in [0.1, 0.15) is 28.5 Å². The van der Waals surface area contributed by atoms with E-state index in [9.17, 15) is 4.79 Å². The summed E-state index contributed by atoms with van der Waals surface area (Å²) in [4.78, 5) is 23.0. The van der Waals surface area contributed by atoms with Crippen LogP contribution < -0.4 is 15.4 Å². The number of aromatic nitrogens is 2. The van der Waals surface area contributed by atoms with Crippen molar-refractivity contribution in [1.29, 1.82) is 0 Å². The smallest absolute Gasteiger partial charge is 0.255 e. The highest BCUT2D eigenvalue weighted by molar-refractivity contribution is 6.31. The highest BCUT2D eigenvalue weighted by Gasteiger charge is 2.29. The SMILES string of the molecule is CCc1c(Cl)cccc1Nc1c(-c2ccncc2OC[C@@H]2CN(C)CCO2)[nH]c2c1C(=O)NCC2. The molecule has 35 heavy (non-hydrogen) atoms. The lowest BCUT2D eigenvalue weighted by molar-refractivity contribution is -0.0403. The van der Waals surface area contributed by atoms with Crippen LogP contribution in [0.25, 0.3) is 11.3 Å². The summed E-state index contributed by atoms with van der Waals surface area (Å²) >= 11 is 6.48. The maximum absolute atomic E-state index is 12.9. The van der Waals surface area contributed by atoms with Gasteiger partial charge in [-0.25, -0.2) is 0 Å². The van der Waals surface area contributed by atoms with Gasteiger partial charge in [0.15, 0.2) is 0 Å². The number of likely N-dealkylation sites (N-methyl/N-ethyl adjacent to an activating group) is 1. The van der Waals surface area contributed by atoms with Gasteiger partial charge in [0.25, 0.3) is 5.91 Å². The second kappa shape index (κ2) is 10.3. The zero-order valence-electron chi connectivity index (χ0n) is 20.0. The number of carbonyl (C=O) groups excluding carboxylic acids is 1. The number of nitrogens with one attached hydrogen (secondary N) is 3. The number of benzene rings is 1. The molecular weight excluding hydrogens is 466 g/mol. The first-order chi connectivity index (χ1) is 17.0. The molecule has 2 aromatic heterocycles. The normalized spacial score (nSPS) is 18.1. The van der Waals surface area contributed by atoms with Crippen molar-refractivity contribution >= 4 is 28.9 Å². The van der Waals surface area contributed by atoms with Gasteiger partial charge in [0.2, 0.25) is 0 Å². The number of anilines is 2. The van der Waals surface area contributed by atoms with Gasteiger partial charge in [-0.3, -0.25) is 9.78 Å². The van der Waals surface area contributed by atoms with E-state index >= 15 is 0 Å². The monoisotopic (exact) mass is 495 g/mol. The number of amides is 1. The molecule has 1 fully saturated rings. The quantitative estimate of drug-likeness (QED) is 0.458. The van der Waals surface area contributed by atoms with E-state index < -0.39 is 0 Å². The van der Waals surface area contributed by atoms with Crippen LogP contribution in [0.3, 0.4) is 0 Å². The summed E-state index contributed by atoms with van der Waals surface area (Å²) < 4.78 is 12.1. The van der Waals surface area contributed by atoms with Gasteiger partial charge in [0.05, 0.1) is 29.7 Å². The molecule has 2 aliphatic heterocycles. The summed E-state index contributed by atoms with van der Waals surface area (Å²) in [5, 5.41) is 7.18. The van der Waals surface area contributed by atoms with Gasteiger partial charge in [0, 0.05) is 54.2 Å². The minimum Gasteiger partial charge on any atom is -0.488 e. The Kier molecular flexibility index (Phi) is 6.95. The van der Waals surface area contributed by atoms with Crippen LogP contribution in [-0.2, 0) is 17.6 Å². The van der Waals surface area contributed by atoms with Gasteiger partial charge < -0.3 is 30.0 Å². The molecule has 1 atom stereocenters. The third-order valence-electron chi connectivity index (χ3n) is 6.52. The number of rotatable bonds is 7. The van der Waals surface area contributed by atoms with Gasteiger partial charge in [-0.15, -0.1) is 0 Å². The molecule has 4 heterocycles. The molecule has 1 saturated heterocycles. The first-order valence-electron chi connectivity index (χ1n) is 12.0. The minimum absolute atomic E-state index is 0.0133. The first-order valence-corrected chi connectivity index (χ1v) is 12.4. The number of morpholine rings is 1. The van der Waals surface area contributed by atoms with Crippen molar-refractivity contribution in [3.63, 3.8) is 0 Å². The Bertz CT molecular complexity index is 1230. The largest absolute Gasteiger partial charge is 0.488 e. The predicted octanol–water partition coefficient (Wildman–Crippen LogP) is 4.03. The number of aromatic amines is 1. The fourth-order valence-corrected chi connectivity index (χ4v) is 5.04. The zero-order valence-corrected chi connectivity index (χ0v) is 20.7. The van der Waals surface area contributed by atoms with Gasteiger partial charge in [-0.2, -0.15) is 0 Å². The Labute approximate surface area is 210 Å². The maximum atomic E-state index is 12.9. The van der Waals surface area contributed by atoms with E-state index in [4.69, 9.17) is 21.1 Å². The first kappa shape index (κ1) is 23.7. The van der Waals surface area contributed by atoms with Crippen LogP contribution >= 0.6 is 11.6 Å². The van der Waals surface area contributed by atoms with E-state index in [0.717, 1.165) is 54.1 Å². The lowest BCUT2D eigenvalue weighted by Gasteiger charge is -2.30. The molecule has 0 spiro atoms. The van der Waals surface area contributed by atoms with Crippen LogP contribution in [0.2, 0.25) is 5.02 Å².